The lowest BCUT2D eigenvalue weighted by Crippen LogP contribution is -2.25. The Bertz CT molecular complexity index is 604. The monoisotopic (exact) mass is 249 g/mol. The molecule has 1 heterocycles. The van der Waals surface area contributed by atoms with Crippen LogP contribution in [0.2, 0.25) is 0 Å². The number of rotatable bonds is 3. The van der Waals surface area contributed by atoms with Gasteiger partial charge in [0.05, 0.1) is 16.7 Å². The highest BCUT2D eigenvalue weighted by molar-refractivity contribution is 5.67. The Labute approximate surface area is 101 Å². The number of hydrogen-bond donors (Lipinski definition) is 1. The minimum Gasteiger partial charge on any atom is -0.619 e. The van der Waals surface area contributed by atoms with Crippen LogP contribution >= 0.6 is 0 Å². The van der Waals surface area contributed by atoms with Gasteiger partial charge in [0, 0.05) is 0 Å². The van der Waals surface area contributed by atoms with Crippen LogP contribution in [0.1, 0.15) is 0 Å². The lowest BCUT2D eigenvalue weighted by molar-refractivity contribution is -0.605. The average Bonchev–Trinajstić information content (AvgIpc) is 2.32. The predicted octanol–water partition coefficient (Wildman–Crippen LogP) is 2.11. The molecule has 0 bridgehead atoms. The normalized spacial score (nSPS) is 10.1. The van der Waals surface area contributed by atoms with Crippen molar-refractivity contribution in [3.8, 4) is 0 Å². The van der Waals surface area contributed by atoms with E-state index in [0.717, 1.165) is 18.5 Å². The van der Waals surface area contributed by atoms with E-state index >= 15 is 0 Å². The lowest BCUT2D eigenvalue weighted by Gasteiger charge is -2.07. The molecule has 2 rings (SSSR count). The molecule has 0 aliphatic rings. The quantitative estimate of drug-likeness (QED) is 0.391. The Hall–Kier alpha value is -2.70. The van der Waals surface area contributed by atoms with Crippen molar-refractivity contribution in [3.05, 3.63) is 63.9 Å². The predicted molar refractivity (Wildman–Crippen MR) is 61.7 cm³/mol. The SMILES string of the molecule is O=[N+]([O-])c1cc[n+]([O-])cc1Nc1ccccc1F. The van der Waals surface area contributed by atoms with Crippen molar-refractivity contribution >= 4 is 17.1 Å². The summed E-state index contributed by atoms with van der Waals surface area (Å²) in [5.74, 6) is -0.562. The van der Waals surface area contributed by atoms with Crippen molar-refractivity contribution in [2.24, 2.45) is 0 Å². The summed E-state index contributed by atoms with van der Waals surface area (Å²) in [7, 11) is 0. The Morgan fingerprint density at radius 1 is 1.22 bits per heavy atom. The minimum atomic E-state index is -0.650. The van der Waals surface area contributed by atoms with Crippen molar-refractivity contribution in [3.63, 3.8) is 0 Å². The molecule has 0 amide bonds. The Morgan fingerprint density at radius 2 is 1.94 bits per heavy atom. The zero-order valence-corrected chi connectivity index (χ0v) is 9.04. The van der Waals surface area contributed by atoms with Crippen LogP contribution in [-0.4, -0.2) is 4.92 Å². The second-order valence-corrected chi connectivity index (χ2v) is 3.47. The van der Waals surface area contributed by atoms with Gasteiger partial charge >= 0.3 is 5.69 Å². The summed E-state index contributed by atoms with van der Waals surface area (Å²) in [6, 6.07) is 6.75. The van der Waals surface area contributed by atoms with E-state index in [2.05, 4.69) is 5.32 Å². The summed E-state index contributed by atoms with van der Waals surface area (Å²) in [6.07, 6.45) is 1.98. The van der Waals surface area contributed by atoms with Gasteiger partial charge in [0.25, 0.3) is 0 Å². The third kappa shape index (κ3) is 2.34. The van der Waals surface area contributed by atoms with E-state index in [1.165, 1.54) is 18.2 Å². The first-order valence-electron chi connectivity index (χ1n) is 4.96. The van der Waals surface area contributed by atoms with Crippen molar-refractivity contribution in [2.45, 2.75) is 0 Å². The van der Waals surface area contributed by atoms with Gasteiger partial charge in [-0.1, -0.05) is 12.1 Å². The molecule has 1 N–H and O–H groups in total. The van der Waals surface area contributed by atoms with Gasteiger partial charge < -0.3 is 10.5 Å². The summed E-state index contributed by atoms with van der Waals surface area (Å²) >= 11 is 0. The van der Waals surface area contributed by atoms with Gasteiger partial charge in [0.1, 0.15) is 5.82 Å². The molecule has 0 spiro atoms. The van der Waals surface area contributed by atoms with Crippen LogP contribution in [0.25, 0.3) is 0 Å². The number of aromatic nitrogens is 1. The largest absolute Gasteiger partial charge is 0.619 e. The maximum absolute atomic E-state index is 13.4. The van der Waals surface area contributed by atoms with E-state index in [4.69, 9.17) is 0 Å². The van der Waals surface area contributed by atoms with E-state index in [0.29, 0.717) is 4.73 Å². The summed E-state index contributed by atoms with van der Waals surface area (Å²) in [5, 5.41) is 24.4. The number of nitrogens with one attached hydrogen (secondary N) is 1. The molecule has 0 saturated heterocycles. The number of anilines is 2. The van der Waals surface area contributed by atoms with E-state index in [1.54, 1.807) is 6.07 Å². The maximum atomic E-state index is 13.4. The summed E-state index contributed by atoms with van der Waals surface area (Å²) in [5.41, 5.74) is -0.306. The molecule has 1 aromatic carbocycles. The Morgan fingerprint density at radius 3 is 2.61 bits per heavy atom. The smallest absolute Gasteiger partial charge is 0.304 e. The van der Waals surface area contributed by atoms with Crippen molar-refractivity contribution in [2.75, 3.05) is 5.32 Å². The second-order valence-electron chi connectivity index (χ2n) is 3.47. The van der Waals surface area contributed by atoms with Gasteiger partial charge in [0.15, 0.2) is 11.9 Å². The molecule has 0 aliphatic carbocycles. The molecule has 1 aromatic heterocycles. The van der Waals surface area contributed by atoms with Crippen LogP contribution in [0.5, 0.6) is 0 Å². The van der Waals surface area contributed by atoms with E-state index < -0.39 is 10.7 Å². The highest BCUT2D eigenvalue weighted by Crippen LogP contribution is 2.26. The Kier molecular flexibility index (Phi) is 3.05. The minimum absolute atomic E-state index is 0.0619. The first-order valence-corrected chi connectivity index (χ1v) is 4.96. The number of halogens is 1. The van der Waals surface area contributed by atoms with E-state index in [1.807, 2.05) is 0 Å². The molecule has 18 heavy (non-hydrogen) atoms. The second kappa shape index (κ2) is 4.66. The molecule has 7 heteroatoms. The highest BCUT2D eigenvalue weighted by Gasteiger charge is 2.18. The summed E-state index contributed by atoms with van der Waals surface area (Å²) in [6.45, 7) is 0. The summed E-state index contributed by atoms with van der Waals surface area (Å²) in [4.78, 5) is 10.1. The van der Waals surface area contributed by atoms with Crippen LogP contribution in [-0.2, 0) is 0 Å². The van der Waals surface area contributed by atoms with Gasteiger partial charge in [-0.2, -0.15) is 4.73 Å². The van der Waals surface area contributed by atoms with Crippen molar-refractivity contribution < 1.29 is 14.0 Å². The highest BCUT2D eigenvalue weighted by atomic mass is 19.1. The number of hydrogen-bond acceptors (Lipinski definition) is 4. The third-order valence-corrected chi connectivity index (χ3v) is 2.25. The molecule has 0 saturated carbocycles. The first kappa shape index (κ1) is 11.8. The van der Waals surface area contributed by atoms with Crippen LogP contribution in [0.15, 0.2) is 42.7 Å². The van der Waals surface area contributed by atoms with E-state index in [9.17, 15) is 19.7 Å². The van der Waals surface area contributed by atoms with Gasteiger partial charge in [0.2, 0.25) is 6.20 Å². The fourth-order valence-electron chi connectivity index (χ4n) is 1.43. The molecular weight excluding hydrogens is 241 g/mol. The van der Waals surface area contributed by atoms with Crippen molar-refractivity contribution in [1.82, 2.24) is 0 Å². The number of pyridine rings is 1. The number of nitro groups is 1. The van der Waals surface area contributed by atoms with Gasteiger partial charge in [-0.15, -0.1) is 0 Å². The van der Waals surface area contributed by atoms with Crippen LogP contribution in [0.4, 0.5) is 21.5 Å². The Balaban J connectivity index is 2.42. The van der Waals surface area contributed by atoms with Crippen LogP contribution in [0.3, 0.4) is 0 Å². The molecule has 92 valence electrons. The molecule has 2 aromatic rings. The molecule has 0 radical (unpaired) electrons. The molecule has 0 unspecified atom stereocenters. The number of benzene rings is 1. The number of nitrogens with zero attached hydrogens (tertiary/aromatic N) is 2. The van der Waals surface area contributed by atoms with Gasteiger partial charge in [-0.05, 0) is 12.1 Å². The van der Waals surface area contributed by atoms with Crippen LogP contribution in [0, 0.1) is 21.1 Å². The van der Waals surface area contributed by atoms with E-state index in [-0.39, 0.29) is 17.1 Å². The molecule has 0 aliphatic heterocycles. The fourth-order valence-corrected chi connectivity index (χ4v) is 1.43. The first-order chi connectivity index (χ1) is 8.58. The zero-order chi connectivity index (χ0) is 13.1. The third-order valence-electron chi connectivity index (χ3n) is 2.25. The van der Waals surface area contributed by atoms with Gasteiger partial charge in [-0.3, -0.25) is 10.1 Å². The van der Waals surface area contributed by atoms with Crippen LogP contribution < -0.4 is 10.0 Å². The van der Waals surface area contributed by atoms with Gasteiger partial charge in [-0.25, -0.2) is 4.39 Å². The maximum Gasteiger partial charge on any atom is 0.304 e. The lowest BCUT2D eigenvalue weighted by atomic mass is 10.2. The fraction of sp³-hybridized carbons (Fsp3) is 0. The molecular formula is C11H8FN3O3. The topological polar surface area (TPSA) is 82.1 Å². The average molecular weight is 249 g/mol. The zero-order valence-electron chi connectivity index (χ0n) is 9.04. The molecule has 0 atom stereocenters. The van der Waals surface area contributed by atoms with Crippen molar-refractivity contribution in [1.29, 1.82) is 0 Å². The summed E-state index contributed by atoms with van der Waals surface area (Å²) < 4.78 is 13.8. The molecule has 6 nitrogen and oxygen atoms in total. The standard InChI is InChI=1S/C11H8FN3O3/c12-8-3-1-2-4-9(8)13-10-7-14(16)6-5-11(10)15(17)18/h1-7,13H. The number of para-hydroxylation sites is 1. The molecule has 0 fully saturated rings.